The molecule has 1 aromatic heterocycles. The molecule has 11 heavy (non-hydrogen) atoms. The molecule has 0 amide bonds. The van der Waals surface area contributed by atoms with E-state index >= 15 is 0 Å². The molecule has 0 fully saturated rings. The van der Waals surface area contributed by atoms with Gasteiger partial charge in [0.25, 0.3) is 0 Å². The minimum atomic E-state index is 0.662. The first-order valence-corrected chi connectivity index (χ1v) is 3.49. The van der Waals surface area contributed by atoms with Gasteiger partial charge in [-0.2, -0.15) is 0 Å². The van der Waals surface area contributed by atoms with Crippen molar-refractivity contribution in [2.24, 2.45) is 0 Å². The minimum absolute atomic E-state index is 0.662. The van der Waals surface area contributed by atoms with Gasteiger partial charge in [-0.15, -0.1) is 6.58 Å². The Morgan fingerprint density at radius 3 is 3.27 bits per heavy atom. The lowest BCUT2D eigenvalue weighted by Crippen LogP contribution is -1.95. The van der Waals surface area contributed by atoms with Crippen LogP contribution in [0.2, 0.25) is 0 Å². The highest BCUT2D eigenvalue weighted by atomic mass is 16.5. The maximum atomic E-state index is 5.29. The molecule has 0 aliphatic rings. The number of hydrogen-bond donors (Lipinski definition) is 0. The standard InChI is InChI=1S/C9H10NO/c1-2-3-7-11-9-5-4-6-10-8-9/h2,4-5,8H,1,3,7H2. The normalized spacial score (nSPS) is 9.09. The van der Waals surface area contributed by atoms with Gasteiger partial charge in [0.05, 0.1) is 19.0 Å². The molecular weight excluding hydrogens is 138 g/mol. The Bertz CT molecular complexity index is 208. The molecule has 0 spiro atoms. The molecule has 0 N–H and O–H groups in total. The number of hydrogen-bond acceptors (Lipinski definition) is 2. The molecule has 0 bridgehead atoms. The molecule has 0 saturated carbocycles. The molecule has 0 aliphatic carbocycles. The summed E-state index contributed by atoms with van der Waals surface area (Å²) in [5, 5.41) is 0. The largest absolute Gasteiger partial charge is 0.492 e. The molecule has 1 radical (unpaired) electrons. The first-order valence-electron chi connectivity index (χ1n) is 3.49. The van der Waals surface area contributed by atoms with Gasteiger partial charge < -0.3 is 4.74 Å². The smallest absolute Gasteiger partial charge is 0.137 e. The van der Waals surface area contributed by atoms with Crippen LogP contribution in [0, 0.1) is 6.20 Å². The monoisotopic (exact) mass is 148 g/mol. The van der Waals surface area contributed by atoms with Gasteiger partial charge in [0.1, 0.15) is 5.75 Å². The summed E-state index contributed by atoms with van der Waals surface area (Å²) in [6.07, 6.45) is 7.00. The summed E-state index contributed by atoms with van der Waals surface area (Å²) in [5.74, 6) is 0.783. The Morgan fingerprint density at radius 2 is 2.64 bits per heavy atom. The zero-order valence-electron chi connectivity index (χ0n) is 6.29. The van der Waals surface area contributed by atoms with Gasteiger partial charge in [0.15, 0.2) is 0 Å². The van der Waals surface area contributed by atoms with E-state index in [0.717, 1.165) is 12.2 Å². The summed E-state index contributed by atoms with van der Waals surface area (Å²) < 4.78 is 5.29. The van der Waals surface area contributed by atoms with Gasteiger partial charge in [-0.25, -0.2) is 0 Å². The molecule has 1 heterocycles. The van der Waals surface area contributed by atoms with Gasteiger partial charge in [-0.05, 0) is 18.6 Å². The highest BCUT2D eigenvalue weighted by molar-refractivity contribution is 5.14. The summed E-state index contributed by atoms with van der Waals surface area (Å²) >= 11 is 0. The maximum Gasteiger partial charge on any atom is 0.137 e. The van der Waals surface area contributed by atoms with Crippen LogP contribution in [0.4, 0.5) is 0 Å². The molecule has 2 heteroatoms. The van der Waals surface area contributed by atoms with E-state index in [1.165, 1.54) is 0 Å². The van der Waals surface area contributed by atoms with Crippen LogP contribution < -0.4 is 4.74 Å². The summed E-state index contributed by atoms with van der Waals surface area (Å²) in [4.78, 5) is 3.79. The van der Waals surface area contributed by atoms with Crippen LogP contribution in [0.3, 0.4) is 0 Å². The van der Waals surface area contributed by atoms with Crippen LogP contribution in [0.5, 0.6) is 5.75 Å². The van der Waals surface area contributed by atoms with E-state index in [0.29, 0.717) is 6.61 Å². The van der Waals surface area contributed by atoms with Crippen LogP contribution >= 0.6 is 0 Å². The van der Waals surface area contributed by atoms with E-state index in [1.807, 2.05) is 12.1 Å². The predicted octanol–water partition coefficient (Wildman–Crippen LogP) is 1.84. The van der Waals surface area contributed by atoms with Crippen molar-refractivity contribution in [2.45, 2.75) is 6.42 Å². The lowest BCUT2D eigenvalue weighted by molar-refractivity contribution is 0.323. The number of rotatable bonds is 4. The fourth-order valence-electron chi connectivity index (χ4n) is 0.652. The SMILES string of the molecule is C=CCCOc1cc[c]nc1. The quantitative estimate of drug-likeness (QED) is 0.480. The minimum Gasteiger partial charge on any atom is -0.492 e. The lowest BCUT2D eigenvalue weighted by Gasteiger charge is -2.01. The zero-order chi connectivity index (χ0) is 7.94. The summed E-state index contributed by atoms with van der Waals surface area (Å²) in [6, 6.07) is 3.55. The van der Waals surface area contributed by atoms with Crippen molar-refractivity contribution in [3.8, 4) is 5.75 Å². The Kier molecular flexibility index (Phi) is 3.19. The third-order valence-electron chi connectivity index (χ3n) is 1.18. The van der Waals surface area contributed by atoms with Gasteiger partial charge in [-0.3, -0.25) is 4.98 Å². The number of ether oxygens (including phenoxy) is 1. The average Bonchev–Trinajstić information content (AvgIpc) is 2.07. The fraction of sp³-hybridized carbons (Fsp3) is 0.222. The fourth-order valence-corrected chi connectivity index (χ4v) is 0.652. The van der Waals surface area contributed by atoms with Crippen LogP contribution in [0.1, 0.15) is 6.42 Å². The van der Waals surface area contributed by atoms with Crippen molar-refractivity contribution in [3.63, 3.8) is 0 Å². The van der Waals surface area contributed by atoms with E-state index < -0.39 is 0 Å². The summed E-state index contributed by atoms with van der Waals surface area (Å²) in [7, 11) is 0. The number of aromatic nitrogens is 1. The van der Waals surface area contributed by atoms with Crippen molar-refractivity contribution in [3.05, 3.63) is 37.2 Å². The van der Waals surface area contributed by atoms with Gasteiger partial charge in [0, 0.05) is 0 Å². The molecule has 0 unspecified atom stereocenters. The van der Waals surface area contributed by atoms with E-state index in [-0.39, 0.29) is 0 Å². The van der Waals surface area contributed by atoms with Gasteiger partial charge in [-0.1, -0.05) is 6.08 Å². The molecule has 57 valence electrons. The Labute approximate surface area is 66.5 Å². The van der Waals surface area contributed by atoms with Crippen LogP contribution in [-0.4, -0.2) is 11.6 Å². The van der Waals surface area contributed by atoms with E-state index in [2.05, 4.69) is 17.8 Å². The van der Waals surface area contributed by atoms with E-state index in [9.17, 15) is 0 Å². The first kappa shape index (κ1) is 7.79. The number of pyridine rings is 1. The Balaban J connectivity index is 2.33. The molecular formula is C9H10NO. The molecule has 0 saturated heterocycles. The van der Waals surface area contributed by atoms with Crippen molar-refractivity contribution in [2.75, 3.05) is 6.61 Å². The molecule has 1 aromatic rings. The summed E-state index contributed by atoms with van der Waals surface area (Å²) in [5.41, 5.74) is 0. The molecule has 0 atom stereocenters. The van der Waals surface area contributed by atoms with Crippen molar-refractivity contribution in [1.82, 2.24) is 4.98 Å². The Hall–Kier alpha value is -1.31. The van der Waals surface area contributed by atoms with Crippen molar-refractivity contribution < 1.29 is 4.74 Å². The predicted molar refractivity (Wildman–Crippen MR) is 43.4 cm³/mol. The summed E-state index contributed by atoms with van der Waals surface area (Å²) in [6.45, 7) is 4.25. The second kappa shape index (κ2) is 4.50. The highest BCUT2D eigenvalue weighted by Crippen LogP contribution is 2.05. The number of nitrogens with zero attached hydrogens (tertiary/aromatic N) is 1. The van der Waals surface area contributed by atoms with Gasteiger partial charge >= 0.3 is 0 Å². The van der Waals surface area contributed by atoms with Crippen molar-refractivity contribution >= 4 is 0 Å². The first-order chi connectivity index (χ1) is 5.43. The Morgan fingerprint density at radius 1 is 1.73 bits per heavy atom. The van der Waals surface area contributed by atoms with Crippen LogP contribution in [0.25, 0.3) is 0 Å². The third-order valence-corrected chi connectivity index (χ3v) is 1.18. The highest BCUT2D eigenvalue weighted by Gasteiger charge is 1.88. The zero-order valence-corrected chi connectivity index (χ0v) is 6.29. The second-order valence-corrected chi connectivity index (χ2v) is 2.05. The van der Waals surface area contributed by atoms with Crippen LogP contribution in [-0.2, 0) is 0 Å². The molecule has 0 aromatic carbocycles. The van der Waals surface area contributed by atoms with E-state index in [1.54, 1.807) is 12.3 Å². The van der Waals surface area contributed by atoms with Crippen LogP contribution in [0.15, 0.2) is 31.0 Å². The van der Waals surface area contributed by atoms with Crippen molar-refractivity contribution in [1.29, 1.82) is 0 Å². The average molecular weight is 148 g/mol. The van der Waals surface area contributed by atoms with Gasteiger partial charge in [0.2, 0.25) is 0 Å². The topological polar surface area (TPSA) is 22.1 Å². The molecule has 2 nitrogen and oxygen atoms in total. The van der Waals surface area contributed by atoms with E-state index in [4.69, 9.17) is 4.74 Å². The molecule has 1 rings (SSSR count). The maximum absolute atomic E-state index is 5.29. The molecule has 0 aliphatic heterocycles. The lowest BCUT2D eigenvalue weighted by atomic mass is 10.4. The second-order valence-electron chi connectivity index (χ2n) is 2.05. The third kappa shape index (κ3) is 2.85.